The van der Waals surface area contributed by atoms with Crippen LogP contribution in [-0.2, 0) is 0 Å². The lowest BCUT2D eigenvalue weighted by Gasteiger charge is -2.09. The maximum Gasteiger partial charge on any atom is 0.168 e. The van der Waals surface area contributed by atoms with Crippen molar-refractivity contribution in [2.75, 3.05) is 19.0 Å². The van der Waals surface area contributed by atoms with Crippen molar-refractivity contribution < 1.29 is 4.74 Å². The second-order valence-corrected chi connectivity index (χ2v) is 3.97. The summed E-state index contributed by atoms with van der Waals surface area (Å²) in [6.45, 7) is 2.80. The number of rotatable bonds is 4. The summed E-state index contributed by atoms with van der Waals surface area (Å²) in [5.41, 5.74) is 0.885. The van der Waals surface area contributed by atoms with E-state index in [-0.39, 0.29) is 0 Å². The summed E-state index contributed by atoms with van der Waals surface area (Å²) in [7, 11) is 1.66. The molecule has 0 saturated heterocycles. The average Bonchev–Trinajstić information content (AvgIpc) is 3.11. The SMILES string of the molecule is CC#Cc1cnc(NCC2CC2)c(OC)c1. The van der Waals surface area contributed by atoms with Gasteiger partial charge in [-0.25, -0.2) is 4.98 Å². The fraction of sp³-hybridized carbons (Fsp3) is 0.462. The molecule has 0 radical (unpaired) electrons. The standard InChI is InChI=1S/C13H16N2O/c1-3-4-11-7-12(16-2)13(15-9-11)14-8-10-5-6-10/h7,9-10H,5-6,8H2,1-2H3,(H,14,15). The Labute approximate surface area is 96.2 Å². The van der Waals surface area contributed by atoms with Gasteiger partial charge >= 0.3 is 0 Å². The van der Waals surface area contributed by atoms with E-state index >= 15 is 0 Å². The summed E-state index contributed by atoms with van der Waals surface area (Å²) < 4.78 is 5.29. The highest BCUT2D eigenvalue weighted by Gasteiger charge is 2.21. The van der Waals surface area contributed by atoms with Crippen LogP contribution in [0.1, 0.15) is 25.3 Å². The fourth-order valence-corrected chi connectivity index (χ4v) is 1.51. The zero-order valence-corrected chi connectivity index (χ0v) is 9.71. The Morgan fingerprint density at radius 1 is 1.56 bits per heavy atom. The fourth-order valence-electron chi connectivity index (χ4n) is 1.51. The van der Waals surface area contributed by atoms with Crippen molar-refractivity contribution in [2.45, 2.75) is 19.8 Å². The maximum absolute atomic E-state index is 5.29. The lowest BCUT2D eigenvalue weighted by atomic mass is 10.2. The van der Waals surface area contributed by atoms with E-state index in [1.165, 1.54) is 12.8 Å². The first kappa shape index (κ1) is 10.8. The zero-order valence-electron chi connectivity index (χ0n) is 9.71. The summed E-state index contributed by atoms with van der Waals surface area (Å²) in [4.78, 5) is 4.33. The minimum Gasteiger partial charge on any atom is -0.493 e. The van der Waals surface area contributed by atoms with E-state index in [9.17, 15) is 0 Å². The molecule has 2 rings (SSSR count). The van der Waals surface area contributed by atoms with Crippen LogP contribution in [0.4, 0.5) is 5.82 Å². The Morgan fingerprint density at radius 2 is 2.38 bits per heavy atom. The van der Waals surface area contributed by atoms with E-state index in [1.807, 2.05) is 13.0 Å². The lowest BCUT2D eigenvalue weighted by Crippen LogP contribution is -2.06. The van der Waals surface area contributed by atoms with Gasteiger partial charge in [0.2, 0.25) is 0 Å². The molecule has 1 aromatic heterocycles. The molecule has 0 unspecified atom stereocenters. The van der Waals surface area contributed by atoms with Gasteiger partial charge in [0.1, 0.15) is 0 Å². The van der Waals surface area contributed by atoms with Crippen LogP contribution >= 0.6 is 0 Å². The Morgan fingerprint density at radius 3 is 3.00 bits per heavy atom. The van der Waals surface area contributed by atoms with E-state index < -0.39 is 0 Å². The number of hydrogen-bond donors (Lipinski definition) is 1. The summed E-state index contributed by atoms with van der Waals surface area (Å²) in [5.74, 6) is 8.22. The van der Waals surface area contributed by atoms with Crippen molar-refractivity contribution in [1.29, 1.82) is 0 Å². The number of hydrogen-bond acceptors (Lipinski definition) is 3. The molecule has 1 N–H and O–H groups in total. The van der Waals surface area contributed by atoms with Gasteiger partial charge in [0.15, 0.2) is 11.6 Å². The molecule has 1 aromatic rings. The number of ether oxygens (including phenoxy) is 1. The van der Waals surface area contributed by atoms with Crippen molar-refractivity contribution in [2.24, 2.45) is 5.92 Å². The van der Waals surface area contributed by atoms with Crippen molar-refractivity contribution in [3.05, 3.63) is 17.8 Å². The minimum atomic E-state index is 0.765. The second-order valence-electron chi connectivity index (χ2n) is 3.97. The zero-order chi connectivity index (χ0) is 11.4. The highest BCUT2D eigenvalue weighted by Crippen LogP contribution is 2.30. The predicted octanol–water partition coefficient (Wildman–Crippen LogP) is 2.28. The Bertz CT molecular complexity index is 427. The highest BCUT2D eigenvalue weighted by molar-refractivity contribution is 5.53. The number of nitrogens with zero attached hydrogens (tertiary/aromatic N) is 1. The van der Waals surface area contributed by atoms with Crippen molar-refractivity contribution in [3.8, 4) is 17.6 Å². The third kappa shape index (κ3) is 2.66. The van der Waals surface area contributed by atoms with Crippen LogP contribution < -0.4 is 10.1 Å². The van der Waals surface area contributed by atoms with Gasteiger partial charge in [0.25, 0.3) is 0 Å². The van der Waals surface area contributed by atoms with Crippen LogP contribution in [0.15, 0.2) is 12.3 Å². The topological polar surface area (TPSA) is 34.2 Å². The number of nitrogens with one attached hydrogen (secondary N) is 1. The largest absolute Gasteiger partial charge is 0.493 e. The molecule has 1 aliphatic rings. The summed E-state index contributed by atoms with van der Waals surface area (Å²) >= 11 is 0. The normalized spacial score (nSPS) is 13.9. The second kappa shape index (κ2) is 4.89. The highest BCUT2D eigenvalue weighted by atomic mass is 16.5. The van der Waals surface area contributed by atoms with E-state index in [2.05, 4.69) is 22.1 Å². The van der Waals surface area contributed by atoms with E-state index in [0.29, 0.717) is 0 Å². The average molecular weight is 216 g/mol. The van der Waals surface area contributed by atoms with Crippen LogP contribution in [0.2, 0.25) is 0 Å². The number of aromatic nitrogens is 1. The van der Waals surface area contributed by atoms with Crippen LogP contribution in [0.25, 0.3) is 0 Å². The molecule has 1 heterocycles. The molecule has 1 saturated carbocycles. The van der Waals surface area contributed by atoms with Gasteiger partial charge in [-0.1, -0.05) is 5.92 Å². The predicted molar refractivity (Wildman–Crippen MR) is 64.6 cm³/mol. The van der Waals surface area contributed by atoms with Gasteiger partial charge in [-0.05, 0) is 25.7 Å². The molecule has 1 aliphatic carbocycles. The Balaban J connectivity index is 2.11. The summed E-state index contributed by atoms with van der Waals surface area (Å²) in [6.07, 6.45) is 4.43. The van der Waals surface area contributed by atoms with Crippen molar-refractivity contribution >= 4 is 5.82 Å². The van der Waals surface area contributed by atoms with E-state index in [0.717, 1.165) is 29.6 Å². The van der Waals surface area contributed by atoms with Gasteiger partial charge in [-0.2, -0.15) is 0 Å². The Kier molecular flexibility index (Phi) is 3.31. The van der Waals surface area contributed by atoms with Gasteiger partial charge < -0.3 is 10.1 Å². The number of methoxy groups -OCH3 is 1. The summed E-state index contributed by atoms with van der Waals surface area (Å²) in [6, 6.07) is 1.92. The monoisotopic (exact) mass is 216 g/mol. The van der Waals surface area contributed by atoms with Crippen LogP contribution in [0.5, 0.6) is 5.75 Å². The van der Waals surface area contributed by atoms with Crippen molar-refractivity contribution in [3.63, 3.8) is 0 Å². The van der Waals surface area contributed by atoms with Crippen LogP contribution in [0, 0.1) is 17.8 Å². The van der Waals surface area contributed by atoms with Gasteiger partial charge in [-0.15, -0.1) is 5.92 Å². The first-order valence-electron chi connectivity index (χ1n) is 5.54. The lowest BCUT2D eigenvalue weighted by molar-refractivity contribution is 0.414. The molecule has 0 amide bonds. The van der Waals surface area contributed by atoms with Crippen molar-refractivity contribution in [1.82, 2.24) is 4.98 Å². The third-order valence-electron chi connectivity index (χ3n) is 2.60. The van der Waals surface area contributed by atoms with Gasteiger partial charge in [0.05, 0.1) is 7.11 Å². The smallest absolute Gasteiger partial charge is 0.168 e. The quantitative estimate of drug-likeness (QED) is 0.784. The first-order chi connectivity index (χ1) is 7.83. The molecule has 0 bridgehead atoms. The molecule has 16 heavy (non-hydrogen) atoms. The molecule has 1 fully saturated rings. The third-order valence-corrected chi connectivity index (χ3v) is 2.60. The molecule has 0 atom stereocenters. The molecule has 0 aromatic carbocycles. The molecule has 0 spiro atoms. The summed E-state index contributed by atoms with van der Waals surface area (Å²) in [5, 5.41) is 3.31. The Hall–Kier alpha value is -1.69. The van der Waals surface area contributed by atoms with Gasteiger partial charge in [0, 0.05) is 24.4 Å². The van der Waals surface area contributed by atoms with E-state index in [4.69, 9.17) is 4.74 Å². The minimum absolute atomic E-state index is 0.765. The molecular weight excluding hydrogens is 200 g/mol. The molecule has 84 valence electrons. The van der Waals surface area contributed by atoms with Gasteiger partial charge in [-0.3, -0.25) is 0 Å². The van der Waals surface area contributed by atoms with Crippen LogP contribution in [0.3, 0.4) is 0 Å². The van der Waals surface area contributed by atoms with Crippen LogP contribution in [-0.4, -0.2) is 18.6 Å². The van der Waals surface area contributed by atoms with E-state index in [1.54, 1.807) is 13.3 Å². The molecule has 3 nitrogen and oxygen atoms in total. The number of pyridine rings is 1. The molecular formula is C13H16N2O. The maximum atomic E-state index is 5.29. The number of anilines is 1. The molecule has 0 aliphatic heterocycles. The first-order valence-corrected chi connectivity index (χ1v) is 5.54. The molecule has 3 heteroatoms.